The minimum atomic E-state index is 0.652. The highest BCUT2D eigenvalue weighted by atomic mass is 32.1. The third-order valence-corrected chi connectivity index (χ3v) is 5.86. The summed E-state index contributed by atoms with van der Waals surface area (Å²) in [5.41, 5.74) is 7.36. The number of hydrogen-bond donors (Lipinski definition) is 2. The molecule has 7 heteroatoms. The largest absolute Gasteiger partial charge is 0.383 e. The first-order valence-corrected chi connectivity index (χ1v) is 9.68. The van der Waals surface area contributed by atoms with Crippen molar-refractivity contribution in [2.75, 3.05) is 38.0 Å². The smallest absolute Gasteiger partial charge is 0.189 e. The minimum absolute atomic E-state index is 0.652. The van der Waals surface area contributed by atoms with E-state index in [1.807, 2.05) is 12.3 Å². The van der Waals surface area contributed by atoms with Crippen LogP contribution in [0, 0.1) is 6.92 Å². The monoisotopic (exact) mass is 358 g/mol. The van der Waals surface area contributed by atoms with E-state index in [9.17, 15) is 0 Å². The fraction of sp³-hybridized carbons (Fsp3) is 0.611. The van der Waals surface area contributed by atoms with Gasteiger partial charge in [0.25, 0.3) is 0 Å². The van der Waals surface area contributed by atoms with E-state index >= 15 is 0 Å². The van der Waals surface area contributed by atoms with Gasteiger partial charge in [0, 0.05) is 44.8 Å². The molecule has 2 N–H and O–H groups in total. The number of piperidine rings is 1. The van der Waals surface area contributed by atoms with Gasteiger partial charge in [-0.3, -0.25) is 15.3 Å². The molecule has 0 amide bonds. The summed E-state index contributed by atoms with van der Waals surface area (Å²) in [6.07, 6.45) is 6.67. The topological polar surface area (TPSA) is 55.8 Å². The molecule has 6 nitrogen and oxygen atoms in total. The SMILES string of the molecule is Cc1ccnc2c1NCC/C2=N/NC(=S)N1CCN2CCCCC2C1. The Hall–Kier alpha value is -1.73. The maximum atomic E-state index is 5.61. The van der Waals surface area contributed by atoms with Crippen molar-refractivity contribution in [2.24, 2.45) is 5.10 Å². The quantitative estimate of drug-likeness (QED) is 0.591. The van der Waals surface area contributed by atoms with Crippen molar-refractivity contribution in [1.82, 2.24) is 20.2 Å². The maximum absolute atomic E-state index is 5.61. The van der Waals surface area contributed by atoms with Crippen LogP contribution in [0.15, 0.2) is 17.4 Å². The number of hydrazone groups is 1. The molecule has 1 aromatic rings. The van der Waals surface area contributed by atoms with Gasteiger partial charge in [-0.1, -0.05) is 6.42 Å². The van der Waals surface area contributed by atoms with E-state index in [-0.39, 0.29) is 0 Å². The summed E-state index contributed by atoms with van der Waals surface area (Å²) in [6, 6.07) is 2.68. The van der Waals surface area contributed by atoms with Gasteiger partial charge in [-0.25, -0.2) is 0 Å². The average Bonchev–Trinajstić information content (AvgIpc) is 2.66. The van der Waals surface area contributed by atoms with E-state index in [0.717, 1.165) is 54.8 Å². The van der Waals surface area contributed by atoms with E-state index in [2.05, 4.69) is 37.6 Å². The number of fused-ring (bicyclic) bond motifs is 2. The zero-order chi connectivity index (χ0) is 17.2. The van der Waals surface area contributed by atoms with Gasteiger partial charge >= 0.3 is 0 Å². The average molecular weight is 359 g/mol. The molecule has 1 aromatic heterocycles. The van der Waals surface area contributed by atoms with Crippen LogP contribution in [0.4, 0.5) is 5.69 Å². The van der Waals surface area contributed by atoms with Crippen molar-refractivity contribution in [3.63, 3.8) is 0 Å². The van der Waals surface area contributed by atoms with Gasteiger partial charge in [0.1, 0.15) is 5.69 Å². The predicted octanol–water partition coefficient (Wildman–Crippen LogP) is 1.95. The first-order chi connectivity index (χ1) is 12.2. The minimum Gasteiger partial charge on any atom is -0.383 e. The van der Waals surface area contributed by atoms with Gasteiger partial charge in [-0.2, -0.15) is 5.10 Å². The van der Waals surface area contributed by atoms with Gasteiger partial charge in [-0.05, 0) is 50.2 Å². The number of hydrogen-bond acceptors (Lipinski definition) is 5. The molecule has 4 heterocycles. The number of pyridine rings is 1. The van der Waals surface area contributed by atoms with E-state index in [4.69, 9.17) is 12.2 Å². The first kappa shape index (κ1) is 16.7. The van der Waals surface area contributed by atoms with Gasteiger partial charge in [-0.15, -0.1) is 0 Å². The van der Waals surface area contributed by atoms with Crippen molar-refractivity contribution in [2.45, 2.75) is 38.6 Å². The Morgan fingerprint density at radius 3 is 3.20 bits per heavy atom. The molecular weight excluding hydrogens is 332 g/mol. The van der Waals surface area contributed by atoms with Crippen LogP contribution in [0.25, 0.3) is 0 Å². The zero-order valence-electron chi connectivity index (χ0n) is 14.8. The number of aromatic nitrogens is 1. The first-order valence-electron chi connectivity index (χ1n) is 9.28. The van der Waals surface area contributed by atoms with Crippen LogP contribution in [-0.4, -0.2) is 64.4 Å². The molecule has 2 fully saturated rings. The van der Waals surface area contributed by atoms with Gasteiger partial charge in [0.15, 0.2) is 5.11 Å². The van der Waals surface area contributed by atoms with Crippen LogP contribution in [0.1, 0.15) is 36.9 Å². The third-order valence-electron chi connectivity index (χ3n) is 5.51. The lowest BCUT2D eigenvalue weighted by Crippen LogP contribution is -2.57. The van der Waals surface area contributed by atoms with Crippen LogP contribution in [0.5, 0.6) is 0 Å². The van der Waals surface area contributed by atoms with Crippen molar-refractivity contribution in [3.05, 3.63) is 23.5 Å². The number of thiocarbonyl (C=S) groups is 1. The molecule has 0 radical (unpaired) electrons. The Bertz CT molecular complexity index is 688. The Labute approximate surface area is 154 Å². The fourth-order valence-corrected chi connectivity index (χ4v) is 4.27. The second kappa shape index (κ2) is 7.25. The molecule has 3 aliphatic heterocycles. The Kier molecular flexibility index (Phi) is 4.85. The molecule has 0 saturated carbocycles. The number of anilines is 1. The number of nitrogens with zero attached hydrogens (tertiary/aromatic N) is 4. The van der Waals surface area contributed by atoms with E-state index in [0.29, 0.717) is 6.04 Å². The van der Waals surface area contributed by atoms with Crippen molar-refractivity contribution in [3.8, 4) is 0 Å². The molecule has 1 unspecified atom stereocenters. The standard InChI is InChI=1S/C18H26N6S/c1-13-5-7-20-17-15(6-8-19-16(13)17)21-22-18(25)24-11-10-23-9-3-2-4-14(23)12-24/h5,7,14,19H,2-4,6,8-12H2,1H3,(H,22,25)/b21-15-. The molecular formula is C18H26N6S. The highest BCUT2D eigenvalue weighted by Gasteiger charge is 2.29. The molecule has 3 aliphatic rings. The number of aryl methyl sites for hydroxylation is 1. The highest BCUT2D eigenvalue weighted by molar-refractivity contribution is 7.80. The van der Waals surface area contributed by atoms with Crippen LogP contribution >= 0.6 is 12.2 Å². The maximum Gasteiger partial charge on any atom is 0.189 e. The Balaban J connectivity index is 1.42. The molecule has 134 valence electrons. The van der Waals surface area contributed by atoms with Gasteiger partial charge < -0.3 is 10.2 Å². The summed E-state index contributed by atoms with van der Waals surface area (Å²) in [6.45, 7) is 7.34. The van der Waals surface area contributed by atoms with Crippen molar-refractivity contribution in [1.29, 1.82) is 0 Å². The second-order valence-electron chi connectivity index (χ2n) is 7.14. The number of piperazine rings is 1. The summed E-state index contributed by atoms with van der Waals surface area (Å²) in [7, 11) is 0. The van der Waals surface area contributed by atoms with Crippen LogP contribution in [0.2, 0.25) is 0 Å². The van der Waals surface area contributed by atoms with E-state index < -0.39 is 0 Å². The van der Waals surface area contributed by atoms with Gasteiger partial charge in [0.05, 0.1) is 11.4 Å². The summed E-state index contributed by atoms with van der Waals surface area (Å²) >= 11 is 5.61. The summed E-state index contributed by atoms with van der Waals surface area (Å²) < 4.78 is 0. The lowest BCUT2D eigenvalue weighted by Gasteiger charge is -2.44. The lowest BCUT2D eigenvalue weighted by atomic mass is 10.00. The fourth-order valence-electron chi connectivity index (χ4n) is 4.06. The molecule has 25 heavy (non-hydrogen) atoms. The predicted molar refractivity (Wildman–Crippen MR) is 105 cm³/mol. The van der Waals surface area contributed by atoms with E-state index in [1.54, 1.807) is 0 Å². The Morgan fingerprint density at radius 1 is 1.36 bits per heavy atom. The van der Waals surface area contributed by atoms with Crippen LogP contribution in [0.3, 0.4) is 0 Å². The van der Waals surface area contributed by atoms with Crippen LogP contribution in [-0.2, 0) is 0 Å². The molecule has 1 atom stereocenters. The molecule has 0 bridgehead atoms. The zero-order valence-corrected chi connectivity index (χ0v) is 15.6. The normalized spacial score (nSPS) is 25.1. The highest BCUT2D eigenvalue weighted by Crippen LogP contribution is 2.24. The summed E-state index contributed by atoms with van der Waals surface area (Å²) in [4.78, 5) is 9.40. The third kappa shape index (κ3) is 3.48. The van der Waals surface area contributed by atoms with E-state index in [1.165, 1.54) is 31.4 Å². The second-order valence-corrected chi connectivity index (χ2v) is 7.52. The number of nitrogens with one attached hydrogen (secondary N) is 2. The molecule has 0 aliphatic carbocycles. The molecule has 0 aromatic carbocycles. The van der Waals surface area contributed by atoms with Crippen molar-refractivity contribution < 1.29 is 0 Å². The molecule has 4 rings (SSSR count). The van der Waals surface area contributed by atoms with Crippen molar-refractivity contribution >= 4 is 28.7 Å². The molecule has 2 saturated heterocycles. The number of rotatable bonds is 1. The molecule has 0 spiro atoms. The lowest BCUT2D eigenvalue weighted by molar-refractivity contribution is 0.0799. The summed E-state index contributed by atoms with van der Waals surface area (Å²) in [5, 5.41) is 8.78. The summed E-state index contributed by atoms with van der Waals surface area (Å²) in [5.74, 6) is 0. The van der Waals surface area contributed by atoms with Gasteiger partial charge in [0.2, 0.25) is 0 Å². The van der Waals surface area contributed by atoms with Crippen LogP contribution < -0.4 is 10.7 Å². The Morgan fingerprint density at radius 2 is 2.28 bits per heavy atom.